The predicted molar refractivity (Wildman–Crippen MR) is 56.6 cm³/mol. The topological polar surface area (TPSA) is 58.6 Å². The lowest BCUT2D eigenvalue weighted by atomic mass is 10.1. The number of carbonyl (C=O) groups is 1. The van der Waals surface area contributed by atoms with Crippen molar-refractivity contribution in [2.75, 3.05) is 7.11 Å². The van der Waals surface area contributed by atoms with E-state index in [1.165, 1.54) is 7.11 Å². The Hall–Kier alpha value is -1.26. The number of nitrogens with one attached hydrogen (secondary N) is 1. The van der Waals surface area contributed by atoms with Gasteiger partial charge in [0, 0.05) is 0 Å². The van der Waals surface area contributed by atoms with Crippen molar-refractivity contribution < 1.29 is 14.6 Å². The smallest absolute Gasteiger partial charge is 0.324 e. The van der Waals surface area contributed by atoms with Crippen molar-refractivity contribution in [2.24, 2.45) is 0 Å². The van der Waals surface area contributed by atoms with Crippen molar-refractivity contribution >= 4 is 17.7 Å². The van der Waals surface area contributed by atoms with Crippen molar-refractivity contribution in [1.82, 2.24) is 4.84 Å². The van der Waals surface area contributed by atoms with Crippen molar-refractivity contribution in [1.29, 1.82) is 0 Å². The maximum atomic E-state index is 11.2. The van der Waals surface area contributed by atoms with Crippen LogP contribution in [0.5, 0.6) is 5.75 Å². The van der Waals surface area contributed by atoms with Gasteiger partial charge < -0.3 is 9.84 Å². The molecule has 15 heavy (non-hydrogen) atoms. The van der Waals surface area contributed by atoms with Crippen LogP contribution in [0.1, 0.15) is 5.56 Å². The molecular weight excluding hydrogens is 218 g/mol. The van der Waals surface area contributed by atoms with Gasteiger partial charge in [-0.1, -0.05) is 12.1 Å². The van der Waals surface area contributed by atoms with E-state index in [9.17, 15) is 4.79 Å². The Morgan fingerprint density at radius 1 is 1.53 bits per heavy atom. The van der Waals surface area contributed by atoms with Crippen LogP contribution in [0, 0.1) is 0 Å². The second kappa shape index (κ2) is 5.58. The van der Waals surface area contributed by atoms with Gasteiger partial charge in [-0.15, -0.1) is 0 Å². The van der Waals surface area contributed by atoms with Crippen LogP contribution < -0.4 is 4.84 Å². The quantitative estimate of drug-likeness (QED) is 0.602. The van der Waals surface area contributed by atoms with Crippen LogP contribution >= 0.6 is 11.8 Å². The number of carbonyl (C=O) groups excluding carboxylic acids is 1. The summed E-state index contributed by atoms with van der Waals surface area (Å²) in [5.74, 6) is -0.231. The third-order valence-electron chi connectivity index (χ3n) is 1.99. The molecule has 0 saturated carbocycles. The highest BCUT2D eigenvalue weighted by Gasteiger charge is 2.17. The number of hydrogen-bond donors (Lipinski definition) is 2. The van der Waals surface area contributed by atoms with E-state index in [4.69, 9.17) is 16.9 Å². The number of benzene rings is 1. The summed E-state index contributed by atoms with van der Waals surface area (Å²) in [7, 11) is 1.31. The highest BCUT2D eigenvalue weighted by molar-refractivity contribution is 6.14. The lowest BCUT2D eigenvalue weighted by molar-refractivity contribution is -0.142. The molecule has 1 atom stereocenters. The van der Waals surface area contributed by atoms with Crippen molar-refractivity contribution in [3.05, 3.63) is 29.8 Å². The first-order valence-corrected chi connectivity index (χ1v) is 4.77. The Morgan fingerprint density at radius 2 is 2.13 bits per heavy atom. The van der Waals surface area contributed by atoms with Gasteiger partial charge >= 0.3 is 5.97 Å². The third kappa shape index (κ3) is 3.42. The molecule has 5 heteroatoms. The molecule has 0 spiro atoms. The molecule has 0 fully saturated rings. The summed E-state index contributed by atoms with van der Waals surface area (Å²) in [6, 6.07) is 5.97. The Labute approximate surface area is 92.9 Å². The number of ether oxygens (including phenoxy) is 1. The molecule has 82 valence electrons. The van der Waals surface area contributed by atoms with Crippen molar-refractivity contribution in [3.63, 3.8) is 0 Å². The van der Waals surface area contributed by atoms with Crippen LogP contribution in [0.3, 0.4) is 0 Å². The molecule has 0 aliphatic heterocycles. The van der Waals surface area contributed by atoms with Gasteiger partial charge in [-0.25, -0.2) is 4.84 Å². The molecule has 4 nitrogen and oxygen atoms in total. The SMILES string of the molecule is COC(=O)[C@@H](Cc1ccc(O)cc1)NCl. The summed E-state index contributed by atoms with van der Waals surface area (Å²) in [4.78, 5) is 13.5. The van der Waals surface area contributed by atoms with E-state index in [1.807, 2.05) is 0 Å². The Balaban J connectivity index is 2.66. The molecule has 0 aliphatic carbocycles. The fourth-order valence-electron chi connectivity index (χ4n) is 1.18. The van der Waals surface area contributed by atoms with E-state index in [2.05, 4.69) is 9.57 Å². The molecule has 0 aromatic heterocycles. The largest absolute Gasteiger partial charge is 0.508 e. The lowest BCUT2D eigenvalue weighted by Gasteiger charge is -2.11. The van der Waals surface area contributed by atoms with E-state index in [0.29, 0.717) is 6.42 Å². The Kier molecular flexibility index (Phi) is 4.39. The summed E-state index contributed by atoms with van der Waals surface area (Å²) in [6.07, 6.45) is 0.413. The van der Waals surface area contributed by atoms with E-state index < -0.39 is 12.0 Å². The zero-order chi connectivity index (χ0) is 11.3. The first kappa shape index (κ1) is 11.8. The highest BCUT2D eigenvalue weighted by atomic mass is 35.5. The number of rotatable bonds is 4. The summed E-state index contributed by atoms with van der Waals surface area (Å²) in [5, 5.41) is 9.07. The van der Waals surface area contributed by atoms with Crippen LogP contribution in [0.15, 0.2) is 24.3 Å². The Bertz CT molecular complexity index is 326. The summed E-state index contributed by atoms with van der Waals surface area (Å²) < 4.78 is 4.56. The van der Waals surface area contributed by atoms with Gasteiger partial charge in [-0.2, -0.15) is 0 Å². The van der Waals surface area contributed by atoms with Gasteiger partial charge in [-0.05, 0) is 35.9 Å². The molecule has 2 N–H and O–H groups in total. The second-order valence-electron chi connectivity index (χ2n) is 3.06. The van der Waals surface area contributed by atoms with Gasteiger partial charge in [0.05, 0.1) is 7.11 Å². The van der Waals surface area contributed by atoms with Crippen LogP contribution in [-0.4, -0.2) is 24.2 Å². The lowest BCUT2D eigenvalue weighted by Crippen LogP contribution is -2.33. The average Bonchev–Trinajstić information content (AvgIpc) is 2.27. The number of methoxy groups -OCH3 is 1. The van der Waals surface area contributed by atoms with E-state index in [-0.39, 0.29) is 5.75 Å². The normalized spacial score (nSPS) is 12.1. The second-order valence-corrected chi connectivity index (χ2v) is 3.27. The first-order chi connectivity index (χ1) is 7.17. The molecule has 0 amide bonds. The fourth-order valence-corrected chi connectivity index (χ4v) is 1.34. The van der Waals surface area contributed by atoms with Gasteiger partial charge in [-0.3, -0.25) is 4.79 Å². The molecule has 0 saturated heterocycles. The van der Waals surface area contributed by atoms with E-state index >= 15 is 0 Å². The summed E-state index contributed by atoms with van der Waals surface area (Å²) in [6.45, 7) is 0. The minimum atomic E-state index is -0.582. The minimum absolute atomic E-state index is 0.187. The standard InChI is InChI=1S/C10H12ClNO3/c1-15-10(14)9(12-11)6-7-2-4-8(13)5-3-7/h2-5,9,12-13H,6H2,1H3/t9-/m1/s1. The number of aromatic hydroxyl groups is 1. The van der Waals surface area contributed by atoms with Gasteiger partial charge in [0.2, 0.25) is 0 Å². The number of phenols is 1. The van der Waals surface area contributed by atoms with Crippen molar-refractivity contribution in [3.8, 4) is 5.75 Å². The number of halogens is 1. The Morgan fingerprint density at radius 3 is 2.60 bits per heavy atom. The molecule has 1 aromatic rings. The van der Waals surface area contributed by atoms with Crippen molar-refractivity contribution in [2.45, 2.75) is 12.5 Å². The number of esters is 1. The summed E-state index contributed by atoms with van der Waals surface area (Å²) in [5.41, 5.74) is 0.886. The molecule has 0 radical (unpaired) electrons. The van der Waals surface area contributed by atoms with Crippen LogP contribution in [0.2, 0.25) is 0 Å². The third-order valence-corrected chi connectivity index (χ3v) is 2.26. The number of hydrogen-bond acceptors (Lipinski definition) is 4. The van der Waals surface area contributed by atoms with Crippen LogP contribution in [0.4, 0.5) is 0 Å². The van der Waals surface area contributed by atoms with E-state index in [1.54, 1.807) is 24.3 Å². The summed E-state index contributed by atoms with van der Waals surface area (Å²) >= 11 is 5.42. The molecule has 0 heterocycles. The van der Waals surface area contributed by atoms with Crippen LogP contribution in [0.25, 0.3) is 0 Å². The van der Waals surface area contributed by atoms with Gasteiger partial charge in [0.1, 0.15) is 11.8 Å². The molecule has 0 bridgehead atoms. The molecule has 0 aliphatic rings. The number of phenolic OH excluding ortho intramolecular Hbond substituents is 1. The van der Waals surface area contributed by atoms with Crippen LogP contribution in [-0.2, 0) is 16.0 Å². The predicted octanol–water partition coefficient (Wildman–Crippen LogP) is 1.22. The minimum Gasteiger partial charge on any atom is -0.508 e. The average molecular weight is 230 g/mol. The van der Waals surface area contributed by atoms with Gasteiger partial charge in [0.25, 0.3) is 0 Å². The molecular formula is C10H12ClNO3. The van der Waals surface area contributed by atoms with Gasteiger partial charge in [0.15, 0.2) is 0 Å². The maximum Gasteiger partial charge on any atom is 0.324 e. The molecule has 1 aromatic carbocycles. The zero-order valence-electron chi connectivity index (χ0n) is 8.24. The fraction of sp³-hybridized carbons (Fsp3) is 0.300. The first-order valence-electron chi connectivity index (χ1n) is 4.39. The monoisotopic (exact) mass is 229 g/mol. The maximum absolute atomic E-state index is 11.2. The molecule has 1 rings (SSSR count). The zero-order valence-corrected chi connectivity index (χ0v) is 8.99. The highest BCUT2D eigenvalue weighted by Crippen LogP contribution is 2.11. The van der Waals surface area contributed by atoms with E-state index in [0.717, 1.165) is 5.56 Å². The molecule has 0 unspecified atom stereocenters.